The van der Waals surface area contributed by atoms with Gasteiger partial charge in [-0.05, 0) is 80.8 Å². The van der Waals surface area contributed by atoms with E-state index < -0.39 is 5.97 Å². The van der Waals surface area contributed by atoms with E-state index >= 15 is 0 Å². The van der Waals surface area contributed by atoms with Crippen molar-refractivity contribution < 1.29 is 14.6 Å². The molecule has 1 heterocycles. The molecule has 2 atom stereocenters. The molecule has 3 aliphatic rings. The highest BCUT2D eigenvalue weighted by atomic mass is 16.5. The molecule has 2 saturated carbocycles. The molecule has 166 valence electrons. The number of piperidine rings is 1. The topological polar surface area (TPSA) is 49.8 Å². The van der Waals surface area contributed by atoms with Crippen LogP contribution < -0.4 is 0 Å². The second kappa shape index (κ2) is 10.3. The fourth-order valence-electron chi connectivity index (χ4n) is 5.66. The molecule has 2 aliphatic carbocycles. The molecule has 4 heteroatoms. The lowest BCUT2D eigenvalue weighted by molar-refractivity contribution is -0.137. The molecule has 1 unspecified atom stereocenters. The standard InChI is InChI=1S/C26H39NO3/c28-25(29)12-16-27-17-14-26(15-18-27,20-30-23-9-5-2-6-10-23)13-11-22-19-24(22)21-7-3-1-4-8-21/h1,3-4,7-8,22-24H,2,5-6,9-20H2,(H,28,29)/t22-,24?/m1/s1. The molecule has 1 aliphatic heterocycles. The van der Waals surface area contributed by atoms with Crippen molar-refractivity contribution in [3.05, 3.63) is 35.9 Å². The Kier molecular flexibility index (Phi) is 7.48. The summed E-state index contributed by atoms with van der Waals surface area (Å²) < 4.78 is 6.51. The number of benzene rings is 1. The van der Waals surface area contributed by atoms with Crippen LogP contribution in [0.2, 0.25) is 0 Å². The Bertz CT molecular complexity index is 662. The van der Waals surface area contributed by atoms with Crippen LogP contribution in [-0.2, 0) is 9.53 Å². The summed E-state index contributed by atoms with van der Waals surface area (Å²) in [7, 11) is 0. The van der Waals surface area contributed by atoms with Crippen LogP contribution in [0.3, 0.4) is 0 Å². The van der Waals surface area contributed by atoms with Crippen molar-refractivity contribution >= 4 is 5.97 Å². The SMILES string of the molecule is O=C(O)CCN1CCC(CC[C@@H]2CC2c2ccccc2)(COC2CCCCC2)CC1. The van der Waals surface area contributed by atoms with E-state index in [4.69, 9.17) is 9.84 Å². The molecule has 0 radical (unpaired) electrons. The minimum absolute atomic E-state index is 0.256. The monoisotopic (exact) mass is 413 g/mol. The summed E-state index contributed by atoms with van der Waals surface area (Å²) in [6, 6.07) is 11.0. The van der Waals surface area contributed by atoms with Crippen LogP contribution in [0.25, 0.3) is 0 Å². The largest absolute Gasteiger partial charge is 0.481 e. The van der Waals surface area contributed by atoms with Gasteiger partial charge in [0.05, 0.1) is 19.1 Å². The summed E-state index contributed by atoms with van der Waals surface area (Å²) in [5, 5.41) is 9.00. The minimum atomic E-state index is -0.687. The Morgan fingerprint density at radius 1 is 1.10 bits per heavy atom. The van der Waals surface area contributed by atoms with Crippen molar-refractivity contribution in [2.24, 2.45) is 11.3 Å². The Labute approximate surface area is 182 Å². The number of likely N-dealkylation sites (tertiary alicyclic amines) is 1. The van der Waals surface area contributed by atoms with E-state index in [1.165, 1.54) is 56.9 Å². The molecule has 0 amide bonds. The zero-order chi connectivity index (χ0) is 20.8. The van der Waals surface area contributed by atoms with Gasteiger partial charge in [0, 0.05) is 6.54 Å². The fraction of sp³-hybridized carbons (Fsp3) is 0.731. The number of ether oxygens (including phenoxy) is 1. The molecule has 3 fully saturated rings. The second-order valence-electron chi connectivity index (χ2n) is 10.1. The Balaban J connectivity index is 1.30. The first-order chi connectivity index (χ1) is 14.6. The van der Waals surface area contributed by atoms with Gasteiger partial charge in [0.15, 0.2) is 0 Å². The first-order valence-corrected chi connectivity index (χ1v) is 12.2. The average molecular weight is 414 g/mol. The van der Waals surface area contributed by atoms with Gasteiger partial charge in [0.1, 0.15) is 0 Å². The molecule has 1 N–H and O–H groups in total. The lowest BCUT2D eigenvalue weighted by Crippen LogP contribution is -2.44. The predicted molar refractivity (Wildman–Crippen MR) is 120 cm³/mol. The van der Waals surface area contributed by atoms with Gasteiger partial charge in [0.2, 0.25) is 0 Å². The third-order valence-corrected chi connectivity index (χ3v) is 7.93. The Morgan fingerprint density at radius 3 is 2.53 bits per heavy atom. The predicted octanol–water partition coefficient (Wildman–Crippen LogP) is 5.48. The van der Waals surface area contributed by atoms with Crippen LogP contribution in [0.15, 0.2) is 30.3 Å². The van der Waals surface area contributed by atoms with Gasteiger partial charge in [-0.1, -0.05) is 49.6 Å². The highest BCUT2D eigenvalue weighted by Gasteiger charge is 2.42. The van der Waals surface area contributed by atoms with Crippen molar-refractivity contribution in [2.75, 3.05) is 26.2 Å². The van der Waals surface area contributed by atoms with Gasteiger partial charge in [-0.3, -0.25) is 4.79 Å². The van der Waals surface area contributed by atoms with E-state index in [1.54, 1.807) is 0 Å². The van der Waals surface area contributed by atoms with Crippen molar-refractivity contribution in [1.82, 2.24) is 4.90 Å². The molecule has 0 bridgehead atoms. The summed E-state index contributed by atoms with van der Waals surface area (Å²) in [6.45, 7) is 3.64. The molecule has 0 spiro atoms. The second-order valence-corrected chi connectivity index (χ2v) is 10.1. The molecular formula is C26H39NO3. The van der Waals surface area contributed by atoms with Crippen LogP contribution in [0.1, 0.15) is 82.1 Å². The molecule has 0 aromatic heterocycles. The number of rotatable bonds is 10. The zero-order valence-electron chi connectivity index (χ0n) is 18.4. The summed E-state index contributed by atoms with van der Waals surface area (Å²) in [6.07, 6.45) is 13.4. The Hall–Kier alpha value is -1.39. The van der Waals surface area contributed by atoms with Gasteiger partial charge in [-0.15, -0.1) is 0 Å². The van der Waals surface area contributed by atoms with Crippen LogP contribution >= 0.6 is 0 Å². The van der Waals surface area contributed by atoms with E-state index in [1.807, 2.05) is 0 Å². The van der Waals surface area contributed by atoms with E-state index in [0.29, 0.717) is 18.1 Å². The van der Waals surface area contributed by atoms with Gasteiger partial charge >= 0.3 is 5.97 Å². The molecule has 4 nitrogen and oxygen atoms in total. The molecule has 30 heavy (non-hydrogen) atoms. The fourth-order valence-corrected chi connectivity index (χ4v) is 5.66. The zero-order valence-corrected chi connectivity index (χ0v) is 18.4. The molecule has 1 aromatic rings. The highest BCUT2D eigenvalue weighted by Crippen LogP contribution is 2.52. The number of carboxylic acids is 1. The average Bonchev–Trinajstić information content (AvgIpc) is 3.57. The van der Waals surface area contributed by atoms with Gasteiger partial charge in [-0.2, -0.15) is 0 Å². The van der Waals surface area contributed by atoms with Crippen LogP contribution in [-0.4, -0.2) is 48.3 Å². The molecular weight excluding hydrogens is 374 g/mol. The number of nitrogens with zero attached hydrogens (tertiary/aromatic N) is 1. The Morgan fingerprint density at radius 2 is 1.83 bits per heavy atom. The van der Waals surface area contributed by atoms with Crippen molar-refractivity contribution in [1.29, 1.82) is 0 Å². The maximum absolute atomic E-state index is 10.9. The van der Waals surface area contributed by atoms with Crippen molar-refractivity contribution in [3.63, 3.8) is 0 Å². The normalized spacial score (nSPS) is 27.1. The summed E-state index contributed by atoms with van der Waals surface area (Å²) in [4.78, 5) is 13.3. The van der Waals surface area contributed by atoms with Gasteiger partial charge < -0.3 is 14.7 Å². The smallest absolute Gasteiger partial charge is 0.304 e. The van der Waals surface area contributed by atoms with Crippen LogP contribution in [0.5, 0.6) is 0 Å². The third-order valence-electron chi connectivity index (χ3n) is 7.93. The summed E-state index contributed by atoms with van der Waals surface area (Å²) in [5.74, 6) is 0.912. The highest BCUT2D eigenvalue weighted by molar-refractivity contribution is 5.66. The van der Waals surface area contributed by atoms with E-state index in [0.717, 1.165) is 44.4 Å². The third kappa shape index (κ3) is 6.07. The first kappa shape index (κ1) is 21.8. The summed E-state index contributed by atoms with van der Waals surface area (Å²) >= 11 is 0. The maximum Gasteiger partial charge on any atom is 0.304 e. The van der Waals surface area contributed by atoms with Crippen molar-refractivity contribution in [3.8, 4) is 0 Å². The maximum atomic E-state index is 10.9. The number of aliphatic carboxylic acids is 1. The first-order valence-electron chi connectivity index (χ1n) is 12.2. The minimum Gasteiger partial charge on any atom is -0.481 e. The van der Waals surface area contributed by atoms with Crippen LogP contribution in [0.4, 0.5) is 0 Å². The van der Waals surface area contributed by atoms with Crippen molar-refractivity contribution in [2.45, 2.75) is 82.7 Å². The number of carboxylic acid groups (broad SMARTS) is 1. The number of carbonyl (C=O) groups is 1. The van der Waals surface area contributed by atoms with E-state index in [2.05, 4.69) is 35.2 Å². The molecule has 1 aromatic carbocycles. The van der Waals surface area contributed by atoms with E-state index in [-0.39, 0.29) is 6.42 Å². The summed E-state index contributed by atoms with van der Waals surface area (Å²) in [5.41, 5.74) is 1.81. The lowest BCUT2D eigenvalue weighted by atomic mass is 9.74. The molecule has 1 saturated heterocycles. The van der Waals surface area contributed by atoms with Gasteiger partial charge in [0.25, 0.3) is 0 Å². The lowest BCUT2D eigenvalue weighted by Gasteiger charge is -2.43. The number of hydrogen-bond donors (Lipinski definition) is 1. The van der Waals surface area contributed by atoms with Gasteiger partial charge in [-0.25, -0.2) is 0 Å². The molecule has 4 rings (SSSR count). The number of hydrogen-bond acceptors (Lipinski definition) is 3. The quantitative estimate of drug-likeness (QED) is 0.552. The van der Waals surface area contributed by atoms with E-state index in [9.17, 15) is 4.79 Å². The van der Waals surface area contributed by atoms with Crippen LogP contribution in [0, 0.1) is 11.3 Å².